The van der Waals surface area contributed by atoms with Gasteiger partial charge in [-0.15, -0.1) is 0 Å². The van der Waals surface area contributed by atoms with Crippen LogP contribution in [0.15, 0.2) is 12.2 Å². The number of hydrogen-bond acceptors (Lipinski definition) is 3. The summed E-state index contributed by atoms with van der Waals surface area (Å²) in [6, 6.07) is 1.90. The average Bonchev–Trinajstić information content (AvgIpc) is 2.59. The van der Waals surface area contributed by atoms with Crippen molar-refractivity contribution < 1.29 is 9.59 Å². The molecule has 1 heterocycles. The first-order valence-electron chi connectivity index (χ1n) is 8.80. The summed E-state index contributed by atoms with van der Waals surface area (Å²) in [5.41, 5.74) is 0. The highest BCUT2D eigenvalue weighted by Crippen LogP contribution is 2.24. The monoisotopic (exact) mass is 317 g/mol. The third kappa shape index (κ3) is 6.05. The summed E-state index contributed by atoms with van der Waals surface area (Å²) in [7, 11) is 0. The maximum atomic E-state index is 11.9. The van der Waals surface area contributed by atoms with Crippen molar-refractivity contribution in [3.8, 4) is 6.07 Å². The number of likely N-dealkylation sites (tertiary alicyclic amines) is 1. The van der Waals surface area contributed by atoms with Crippen LogP contribution < -0.4 is 5.32 Å². The molecule has 1 saturated carbocycles. The van der Waals surface area contributed by atoms with Gasteiger partial charge in [-0.2, -0.15) is 5.26 Å². The zero-order valence-corrected chi connectivity index (χ0v) is 13.8. The van der Waals surface area contributed by atoms with E-state index < -0.39 is 0 Å². The number of carbonyl (C=O) groups is 2. The summed E-state index contributed by atoms with van der Waals surface area (Å²) in [6.45, 7) is 2.06. The van der Waals surface area contributed by atoms with Gasteiger partial charge < -0.3 is 10.2 Å². The number of rotatable bonds is 5. The molecule has 1 aliphatic heterocycles. The first-order chi connectivity index (χ1) is 11.2. The number of hydrogen-bond donors (Lipinski definition) is 1. The van der Waals surface area contributed by atoms with Crippen LogP contribution >= 0.6 is 0 Å². The highest BCUT2D eigenvalue weighted by atomic mass is 16.2. The van der Waals surface area contributed by atoms with Gasteiger partial charge in [0.25, 0.3) is 0 Å². The Bertz CT molecular complexity index is 467. The Kier molecular flexibility index (Phi) is 7.12. The van der Waals surface area contributed by atoms with Crippen molar-refractivity contribution in [2.75, 3.05) is 19.6 Å². The third-order valence-corrected chi connectivity index (χ3v) is 4.93. The van der Waals surface area contributed by atoms with E-state index >= 15 is 0 Å². The van der Waals surface area contributed by atoms with Gasteiger partial charge in [0.1, 0.15) is 6.42 Å². The van der Waals surface area contributed by atoms with Crippen molar-refractivity contribution >= 4 is 11.8 Å². The third-order valence-electron chi connectivity index (χ3n) is 4.93. The van der Waals surface area contributed by atoms with E-state index in [-0.39, 0.29) is 18.2 Å². The molecule has 0 aromatic rings. The van der Waals surface area contributed by atoms with E-state index in [9.17, 15) is 9.59 Å². The van der Waals surface area contributed by atoms with Crippen LogP contribution in [-0.2, 0) is 9.59 Å². The van der Waals surface area contributed by atoms with Crippen LogP contribution in [0.1, 0.15) is 51.4 Å². The number of amides is 2. The molecule has 5 heteroatoms. The summed E-state index contributed by atoms with van der Waals surface area (Å²) in [6.07, 6.45) is 11.8. The van der Waals surface area contributed by atoms with Crippen molar-refractivity contribution in [3.63, 3.8) is 0 Å². The van der Waals surface area contributed by atoms with Gasteiger partial charge in [0.2, 0.25) is 11.8 Å². The van der Waals surface area contributed by atoms with Crippen molar-refractivity contribution in [1.29, 1.82) is 5.26 Å². The number of allylic oxidation sites excluding steroid dienone is 1. The zero-order chi connectivity index (χ0) is 16.5. The molecule has 1 N–H and O–H groups in total. The molecule has 0 aromatic heterocycles. The Hall–Kier alpha value is -1.83. The van der Waals surface area contributed by atoms with Crippen LogP contribution in [0.4, 0.5) is 0 Å². The molecular weight excluding hydrogens is 290 g/mol. The molecule has 0 spiro atoms. The smallest absolute Gasteiger partial charge is 0.243 e. The molecule has 0 radical (unpaired) electrons. The second-order valence-corrected chi connectivity index (χ2v) is 6.66. The second kappa shape index (κ2) is 9.34. The molecule has 0 atom stereocenters. The van der Waals surface area contributed by atoms with Crippen LogP contribution in [0.25, 0.3) is 0 Å². The van der Waals surface area contributed by atoms with E-state index in [1.54, 1.807) is 11.0 Å². The maximum Gasteiger partial charge on any atom is 0.243 e. The molecule has 23 heavy (non-hydrogen) atoms. The molecule has 2 amide bonds. The first-order valence-corrected chi connectivity index (χ1v) is 8.80. The Morgan fingerprint density at radius 3 is 2.48 bits per heavy atom. The fourth-order valence-corrected chi connectivity index (χ4v) is 3.42. The summed E-state index contributed by atoms with van der Waals surface area (Å²) >= 11 is 0. The van der Waals surface area contributed by atoms with Gasteiger partial charge in [0, 0.05) is 19.6 Å². The number of carbonyl (C=O) groups excluding carboxylic acids is 2. The number of nitrogens with zero attached hydrogens (tertiary/aromatic N) is 2. The second-order valence-electron chi connectivity index (χ2n) is 6.66. The van der Waals surface area contributed by atoms with Gasteiger partial charge in [-0.05, 0) is 43.6 Å². The molecule has 2 aliphatic rings. The number of nitrogens with one attached hydrogen (secondary N) is 1. The van der Waals surface area contributed by atoms with E-state index in [0.29, 0.717) is 31.5 Å². The molecule has 0 unspecified atom stereocenters. The topological polar surface area (TPSA) is 73.2 Å². The fourth-order valence-electron chi connectivity index (χ4n) is 3.42. The van der Waals surface area contributed by atoms with E-state index in [2.05, 4.69) is 11.4 Å². The maximum absolute atomic E-state index is 11.9. The largest absolute Gasteiger partial charge is 0.352 e. The van der Waals surface area contributed by atoms with Crippen molar-refractivity contribution in [2.24, 2.45) is 11.8 Å². The molecule has 0 aromatic carbocycles. The fraction of sp³-hybridized carbons (Fsp3) is 0.722. The standard InChI is InChI=1S/C18H27N3O2/c19-11-8-18(23)21-12-9-16(10-13-21)14-20-17(22)7-6-15-4-2-1-3-5-15/h6-7,15-16H,1-5,8-10,12-14H2,(H,20,22)/b7-6+. The van der Waals surface area contributed by atoms with E-state index in [1.807, 2.05) is 6.07 Å². The number of nitriles is 1. The normalized spacial score (nSPS) is 20.4. The van der Waals surface area contributed by atoms with E-state index in [1.165, 1.54) is 32.1 Å². The SMILES string of the molecule is N#CCC(=O)N1CCC(CNC(=O)/C=C/C2CCCCC2)CC1. The molecule has 0 bridgehead atoms. The van der Waals surface area contributed by atoms with Crippen LogP contribution in [0.5, 0.6) is 0 Å². The average molecular weight is 317 g/mol. The van der Waals surface area contributed by atoms with Gasteiger partial charge in [-0.3, -0.25) is 9.59 Å². The quantitative estimate of drug-likeness (QED) is 0.791. The molecule has 2 rings (SSSR count). The Labute approximate surface area is 138 Å². The molecule has 1 saturated heterocycles. The summed E-state index contributed by atoms with van der Waals surface area (Å²) in [5.74, 6) is 0.918. The first kappa shape index (κ1) is 17.5. The highest BCUT2D eigenvalue weighted by Gasteiger charge is 2.22. The van der Waals surface area contributed by atoms with Crippen molar-refractivity contribution in [1.82, 2.24) is 10.2 Å². The Morgan fingerprint density at radius 2 is 1.83 bits per heavy atom. The van der Waals surface area contributed by atoms with Crippen LogP contribution in [0.3, 0.4) is 0 Å². The molecular formula is C18H27N3O2. The zero-order valence-electron chi connectivity index (χ0n) is 13.8. The molecule has 5 nitrogen and oxygen atoms in total. The van der Waals surface area contributed by atoms with Crippen LogP contribution in [0, 0.1) is 23.2 Å². The van der Waals surface area contributed by atoms with Gasteiger partial charge in [-0.1, -0.05) is 25.3 Å². The Morgan fingerprint density at radius 1 is 1.13 bits per heavy atom. The van der Waals surface area contributed by atoms with Gasteiger partial charge in [0.15, 0.2) is 0 Å². The van der Waals surface area contributed by atoms with Gasteiger partial charge >= 0.3 is 0 Å². The molecule has 1 aliphatic carbocycles. The van der Waals surface area contributed by atoms with Crippen LogP contribution in [-0.4, -0.2) is 36.3 Å². The van der Waals surface area contributed by atoms with Crippen molar-refractivity contribution in [2.45, 2.75) is 51.4 Å². The predicted octanol–water partition coefficient (Wildman–Crippen LogP) is 2.39. The van der Waals surface area contributed by atoms with Gasteiger partial charge in [0.05, 0.1) is 6.07 Å². The van der Waals surface area contributed by atoms with Gasteiger partial charge in [-0.25, -0.2) is 0 Å². The predicted molar refractivity (Wildman–Crippen MR) is 88.3 cm³/mol. The Balaban J connectivity index is 1.63. The minimum Gasteiger partial charge on any atom is -0.352 e. The van der Waals surface area contributed by atoms with Crippen molar-refractivity contribution in [3.05, 3.63) is 12.2 Å². The lowest BCUT2D eigenvalue weighted by atomic mass is 9.89. The summed E-state index contributed by atoms with van der Waals surface area (Å²) in [4.78, 5) is 25.3. The molecule has 2 fully saturated rings. The van der Waals surface area contributed by atoms with Crippen LogP contribution in [0.2, 0.25) is 0 Å². The molecule has 126 valence electrons. The van der Waals surface area contributed by atoms with E-state index in [0.717, 1.165) is 12.8 Å². The lowest BCUT2D eigenvalue weighted by Gasteiger charge is -2.31. The highest BCUT2D eigenvalue weighted by molar-refractivity contribution is 5.87. The summed E-state index contributed by atoms with van der Waals surface area (Å²) in [5, 5.41) is 11.5. The lowest BCUT2D eigenvalue weighted by Crippen LogP contribution is -2.41. The van der Waals surface area contributed by atoms with E-state index in [4.69, 9.17) is 5.26 Å². The number of piperidine rings is 1. The lowest BCUT2D eigenvalue weighted by molar-refractivity contribution is -0.131. The minimum absolute atomic E-state index is 0.00133. The summed E-state index contributed by atoms with van der Waals surface area (Å²) < 4.78 is 0. The minimum atomic E-state index is -0.0783.